The minimum absolute atomic E-state index is 0.162. The summed E-state index contributed by atoms with van der Waals surface area (Å²) in [6.45, 7) is 1.91. The second kappa shape index (κ2) is 6.17. The number of aryl methyl sites for hydroxylation is 1. The number of nitrogens with one attached hydrogen (secondary N) is 1. The fourth-order valence-corrected chi connectivity index (χ4v) is 1.72. The van der Waals surface area contributed by atoms with Crippen LogP contribution >= 0.6 is 0 Å². The minimum atomic E-state index is -0.569. The van der Waals surface area contributed by atoms with Crippen LogP contribution < -0.4 is 5.32 Å². The van der Waals surface area contributed by atoms with Crippen molar-refractivity contribution in [2.75, 3.05) is 11.9 Å². The second-order valence-corrected chi connectivity index (χ2v) is 4.21. The molecule has 0 unspecified atom stereocenters. The fraction of sp³-hybridized carbons (Fsp3) is 0.214. The van der Waals surface area contributed by atoms with Crippen molar-refractivity contribution in [3.05, 3.63) is 47.4 Å². The third-order valence-electron chi connectivity index (χ3n) is 2.77. The zero-order chi connectivity index (χ0) is 15.4. The Hall–Kier alpha value is -2.70. The van der Waals surface area contributed by atoms with Crippen LogP contribution in [-0.2, 0) is 11.8 Å². The summed E-state index contributed by atoms with van der Waals surface area (Å²) in [7, 11) is 1.59. The predicted octanol–water partition coefficient (Wildman–Crippen LogP) is 1.99. The number of amides is 1. The highest BCUT2D eigenvalue weighted by atomic mass is 19.1. The zero-order valence-electron chi connectivity index (χ0n) is 11.6. The molecule has 0 bridgehead atoms. The van der Waals surface area contributed by atoms with Gasteiger partial charge in [-0.1, -0.05) is 0 Å². The van der Waals surface area contributed by atoms with E-state index in [4.69, 9.17) is 4.74 Å². The van der Waals surface area contributed by atoms with Gasteiger partial charge in [0, 0.05) is 12.6 Å². The van der Waals surface area contributed by atoms with E-state index in [1.165, 1.54) is 35.1 Å². The van der Waals surface area contributed by atoms with Gasteiger partial charge in [0.25, 0.3) is 5.91 Å². The summed E-state index contributed by atoms with van der Waals surface area (Å²) < 4.78 is 19.1. The number of hydrogen-bond donors (Lipinski definition) is 1. The van der Waals surface area contributed by atoms with Crippen LogP contribution in [0.25, 0.3) is 0 Å². The molecule has 0 radical (unpaired) electrons. The van der Waals surface area contributed by atoms with Gasteiger partial charge in [-0.05, 0) is 31.2 Å². The van der Waals surface area contributed by atoms with E-state index < -0.39 is 17.7 Å². The summed E-state index contributed by atoms with van der Waals surface area (Å²) in [4.78, 5) is 23.8. The van der Waals surface area contributed by atoms with Crippen molar-refractivity contribution in [2.45, 2.75) is 6.92 Å². The minimum Gasteiger partial charge on any atom is -0.462 e. The molecule has 7 heteroatoms. The molecule has 2 rings (SSSR count). The number of rotatable bonds is 4. The maximum absolute atomic E-state index is 12.8. The zero-order valence-corrected chi connectivity index (χ0v) is 11.6. The molecule has 1 aromatic carbocycles. The second-order valence-electron chi connectivity index (χ2n) is 4.21. The first-order chi connectivity index (χ1) is 10.0. The van der Waals surface area contributed by atoms with Crippen LogP contribution in [0.2, 0.25) is 0 Å². The van der Waals surface area contributed by atoms with E-state index in [2.05, 4.69) is 10.4 Å². The summed E-state index contributed by atoms with van der Waals surface area (Å²) in [5.41, 5.74) is 0.433. The van der Waals surface area contributed by atoms with Crippen LogP contribution in [-0.4, -0.2) is 28.3 Å². The normalized spacial score (nSPS) is 10.2. The molecule has 0 saturated carbocycles. The number of carbonyl (C=O) groups excluding carboxylic acids is 2. The number of hydrogen-bond acceptors (Lipinski definition) is 4. The van der Waals surface area contributed by atoms with Gasteiger partial charge >= 0.3 is 5.97 Å². The summed E-state index contributed by atoms with van der Waals surface area (Å²) in [5, 5.41) is 6.49. The van der Waals surface area contributed by atoms with Gasteiger partial charge in [-0.15, -0.1) is 0 Å². The molecule has 0 saturated heterocycles. The van der Waals surface area contributed by atoms with Crippen LogP contribution in [0, 0.1) is 5.82 Å². The van der Waals surface area contributed by atoms with Crippen LogP contribution in [0.15, 0.2) is 30.5 Å². The monoisotopic (exact) mass is 291 g/mol. The molecule has 1 aromatic heterocycles. The molecule has 0 aliphatic heterocycles. The number of halogens is 1. The standard InChI is InChI=1S/C14H14FN3O3/c1-3-21-14(20)11-8-16-18(2)12(11)17-13(19)9-4-6-10(15)7-5-9/h4-8H,3H2,1-2H3,(H,17,19). The maximum atomic E-state index is 12.8. The molecule has 110 valence electrons. The molecule has 0 aliphatic carbocycles. The Bertz CT molecular complexity index is 665. The van der Waals surface area contributed by atoms with Crippen molar-refractivity contribution in [1.82, 2.24) is 9.78 Å². The van der Waals surface area contributed by atoms with Gasteiger partial charge in [-0.3, -0.25) is 9.48 Å². The first-order valence-electron chi connectivity index (χ1n) is 6.29. The molecule has 0 aliphatic rings. The highest BCUT2D eigenvalue weighted by Crippen LogP contribution is 2.16. The smallest absolute Gasteiger partial charge is 0.343 e. The Kier molecular flexibility index (Phi) is 4.32. The van der Waals surface area contributed by atoms with E-state index in [0.717, 1.165) is 0 Å². The molecule has 6 nitrogen and oxygen atoms in total. The van der Waals surface area contributed by atoms with E-state index in [1.54, 1.807) is 14.0 Å². The molecule has 0 fully saturated rings. The quantitative estimate of drug-likeness (QED) is 0.874. The summed E-state index contributed by atoms with van der Waals surface area (Å²) in [6, 6.07) is 5.07. The van der Waals surface area contributed by atoms with Crippen molar-refractivity contribution < 1.29 is 18.7 Å². The number of carbonyl (C=O) groups is 2. The first-order valence-corrected chi connectivity index (χ1v) is 6.29. The Morgan fingerprint density at radius 3 is 2.62 bits per heavy atom. The van der Waals surface area contributed by atoms with Gasteiger partial charge in [0.2, 0.25) is 0 Å². The molecular formula is C14H14FN3O3. The Morgan fingerprint density at radius 2 is 2.00 bits per heavy atom. The lowest BCUT2D eigenvalue weighted by molar-refractivity contribution is 0.0527. The van der Waals surface area contributed by atoms with Gasteiger partial charge in [-0.25, -0.2) is 9.18 Å². The van der Waals surface area contributed by atoms with Gasteiger partial charge in [0.15, 0.2) is 0 Å². The Labute approximate surface area is 120 Å². The molecular weight excluding hydrogens is 277 g/mol. The Balaban J connectivity index is 2.23. The lowest BCUT2D eigenvalue weighted by atomic mass is 10.2. The van der Waals surface area contributed by atoms with Gasteiger partial charge in [0.1, 0.15) is 17.2 Å². The molecule has 1 amide bonds. The van der Waals surface area contributed by atoms with Crippen molar-refractivity contribution in [2.24, 2.45) is 7.05 Å². The summed E-state index contributed by atoms with van der Waals surface area (Å²) in [6.07, 6.45) is 1.32. The SMILES string of the molecule is CCOC(=O)c1cnn(C)c1NC(=O)c1ccc(F)cc1. The highest BCUT2D eigenvalue weighted by molar-refractivity contribution is 6.07. The number of anilines is 1. The van der Waals surface area contributed by atoms with E-state index in [9.17, 15) is 14.0 Å². The number of benzene rings is 1. The Morgan fingerprint density at radius 1 is 1.33 bits per heavy atom. The lowest BCUT2D eigenvalue weighted by Gasteiger charge is -2.08. The molecule has 0 spiro atoms. The molecule has 21 heavy (non-hydrogen) atoms. The summed E-state index contributed by atoms with van der Waals surface area (Å²) >= 11 is 0. The number of ether oxygens (including phenoxy) is 1. The van der Waals surface area contributed by atoms with E-state index in [0.29, 0.717) is 0 Å². The number of aromatic nitrogens is 2. The van der Waals surface area contributed by atoms with Crippen molar-refractivity contribution in [1.29, 1.82) is 0 Å². The van der Waals surface area contributed by atoms with Crippen molar-refractivity contribution in [3.8, 4) is 0 Å². The third-order valence-corrected chi connectivity index (χ3v) is 2.77. The van der Waals surface area contributed by atoms with E-state index >= 15 is 0 Å². The average Bonchev–Trinajstić information content (AvgIpc) is 2.81. The largest absolute Gasteiger partial charge is 0.462 e. The molecule has 0 atom stereocenters. The maximum Gasteiger partial charge on any atom is 0.343 e. The van der Waals surface area contributed by atoms with E-state index in [1.807, 2.05) is 0 Å². The third kappa shape index (κ3) is 3.25. The molecule has 1 N–H and O–H groups in total. The number of esters is 1. The van der Waals surface area contributed by atoms with E-state index in [-0.39, 0.29) is 23.6 Å². The fourth-order valence-electron chi connectivity index (χ4n) is 1.72. The average molecular weight is 291 g/mol. The van der Waals surface area contributed by atoms with Gasteiger partial charge in [0.05, 0.1) is 12.8 Å². The van der Waals surface area contributed by atoms with Crippen LogP contribution in [0.4, 0.5) is 10.2 Å². The van der Waals surface area contributed by atoms with Crippen molar-refractivity contribution >= 4 is 17.7 Å². The first kappa shape index (κ1) is 14.7. The lowest BCUT2D eigenvalue weighted by Crippen LogP contribution is -2.17. The van der Waals surface area contributed by atoms with Crippen LogP contribution in [0.3, 0.4) is 0 Å². The van der Waals surface area contributed by atoms with Crippen LogP contribution in [0.1, 0.15) is 27.6 Å². The van der Waals surface area contributed by atoms with Crippen molar-refractivity contribution in [3.63, 3.8) is 0 Å². The highest BCUT2D eigenvalue weighted by Gasteiger charge is 2.19. The summed E-state index contributed by atoms with van der Waals surface area (Å²) in [5.74, 6) is -1.24. The molecule has 1 heterocycles. The molecule has 2 aromatic rings. The topological polar surface area (TPSA) is 73.2 Å². The van der Waals surface area contributed by atoms with Gasteiger partial charge < -0.3 is 10.1 Å². The number of nitrogens with zero attached hydrogens (tertiary/aromatic N) is 2. The van der Waals surface area contributed by atoms with Crippen LogP contribution in [0.5, 0.6) is 0 Å². The predicted molar refractivity (Wildman–Crippen MR) is 73.5 cm³/mol. The van der Waals surface area contributed by atoms with Gasteiger partial charge in [-0.2, -0.15) is 5.10 Å².